The summed E-state index contributed by atoms with van der Waals surface area (Å²) in [5, 5.41) is 8.32. The van der Waals surface area contributed by atoms with Crippen LogP contribution in [-0.4, -0.2) is 26.4 Å². The Labute approximate surface area is 70.9 Å². The summed E-state index contributed by atoms with van der Waals surface area (Å²) in [5.41, 5.74) is 0. The van der Waals surface area contributed by atoms with Gasteiger partial charge in [0.05, 0.1) is 6.07 Å². The second-order valence-electron chi connectivity index (χ2n) is 3.85. The molecule has 0 N–H and O–H groups in total. The molecule has 0 aromatic heterocycles. The van der Waals surface area contributed by atoms with Gasteiger partial charge in [-0.2, -0.15) is 5.26 Å². The van der Waals surface area contributed by atoms with Crippen molar-refractivity contribution in [2.45, 2.75) is 32.5 Å². The van der Waals surface area contributed by atoms with Crippen molar-refractivity contribution in [1.29, 1.82) is 5.26 Å². The smallest absolute Gasteiger partial charge is 0.118 e. The molecular formula is C8H18N2Si. The highest BCUT2D eigenvalue weighted by atomic mass is 28.3. The molecule has 0 aliphatic rings. The molecule has 2 nitrogen and oxygen atoms in total. The monoisotopic (exact) mass is 170 g/mol. The van der Waals surface area contributed by atoms with Crippen molar-refractivity contribution in [1.82, 2.24) is 4.57 Å². The van der Waals surface area contributed by atoms with Gasteiger partial charge in [-0.1, -0.05) is 19.6 Å². The van der Waals surface area contributed by atoms with Gasteiger partial charge in [-0.25, -0.2) is 0 Å². The highest BCUT2D eigenvalue weighted by Gasteiger charge is 2.18. The van der Waals surface area contributed by atoms with E-state index < -0.39 is 8.24 Å². The fourth-order valence-corrected chi connectivity index (χ4v) is 1.56. The summed E-state index contributed by atoms with van der Waals surface area (Å²) in [4.78, 5) is 0. The number of hydrogen-bond donors (Lipinski definition) is 0. The zero-order valence-electron chi connectivity index (χ0n) is 8.02. The van der Waals surface area contributed by atoms with Crippen LogP contribution in [0.3, 0.4) is 0 Å². The van der Waals surface area contributed by atoms with Crippen LogP contribution in [-0.2, 0) is 0 Å². The molecule has 0 saturated heterocycles. The topological polar surface area (TPSA) is 27.0 Å². The predicted molar refractivity (Wildman–Crippen MR) is 50.8 cm³/mol. The van der Waals surface area contributed by atoms with E-state index in [9.17, 15) is 0 Å². The van der Waals surface area contributed by atoms with Crippen LogP contribution >= 0.6 is 0 Å². The van der Waals surface area contributed by atoms with Gasteiger partial charge in [0.2, 0.25) is 0 Å². The lowest BCUT2D eigenvalue weighted by atomic mass is 10.3. The lowest BCUT2D eigenvalue weighted by Gasteiger charge is -2.29. The highest BCUT2D eigenvalue weighted by molar-refractivity contribution is 6.73. The van der Waals surface area contributed by atoms with Gasteiger partial charge >= 0.3 is 0 Å². The molecule has 11 heavy (non-hydrogen) atoms. The average Bonchev–Trinajstić information content (AvgIpc) is 1.86. The quantitative estimate of drug-likeness (QED) is 0.477. The van der Waals surface area contributed by atoms with Crippen molar-refractivity contribution in [3.05, 3.63) is 0 Å². The van der Waals surface area contributed by atoms with Gasteiger partial charge in [0.15, 0.2) is 0 Å². The van der Waals surface area contributed by atoms with E-state index in [0.29, 0.717) is 6.42 Å². The Hall–Kier alpha value is -0.333. The van der Waals surface area contributed by atoms with Gasteiger partial charge in [-0.05, 0) is 20.0 Å². The molecule has 0 fully saturated rings. The third-order valence-electron chi connectivity index (χ3n) is 1.93. The maximum Gasteiger partial charge on any atom is 0.118 e. The molecule has 0 aromatic rings. The van der Waals surface area contributed by atoms with Crippen LogP contribution in [0.1, 0.15) is 12.8 Å². The Kier molecular flexibility index (Phi) is 4.39. The van der Waals surface area contributed by atoms with Crippen LogP contribution in [0.15, 0.2) is 0 Å². The minimum Gasteiger partial charge on any atom is -0.327 e. The first-order valence-corrected chi connectivity index (χ1v) is 7.51. The van der Waals surface area contributed by atoms with E-state index in [1.165, 1.54) is 0 Å². The first-order chi connectivity index (χ1) is 4.98. The summed E-state index contributed by atoms with van der Waals surface area (Å²) >= 11 is 0. The van der Waals surface area contributed by atoms with E-state index in [1.807, 2.05) is 0 Å². The number of rotatable bonds is 4. The largest absolute Gasteiger partial charge is 0.327 e. The number of unbranched alkanes of at least 4 members (excludes halogenated alkanes) is 1. The summed E-state index contributed by atoms with van der Waals surface area (Å²) < 4.78 is 2.41. The Morgan fingerprint density at radius 1 is 1.36 bits per heavy atom. The highest BCUT2D eigenvalue weighted by Crippen LogP contribution is 2.06. The number of hydrogen-bond acceptors (Lipinski definition) is 2. The van der Waals surface area contributed by atoms with E-state index in [0.717, 1.165) is 13.0 Å². The summed E-state index contributed by atoms with van der Waals surface area (Å²) in [5.74, 6) is 0. The van der Waals surface area contributed by atoms with Crippen LogP contribution in [0.25, 0.3) is 0 Å². The number of nitrogens with zero attached hydrogens (tertiary/aromatic N) is 2. The van der Waals surface area contributed by atoms with Gasteiger partial charge in [0, 0.05) is 6.42 Å². The Morgan fingerprint density at radius 3 is 2.27 bits per heavy atom. The van der Waals surface area contributed by atoms with Crippen LogP contribution in [0, 0.1) is 11.3 Å². The molecule has 0 aliphatic carbocycles. The first-order valence-electron chi connectivity index (χ1n) is 4.06. The first kappa shape index (κ1) is 10.7. The fraction of sp³-hybridized carbons (Fsp3) is 0.875. The van der Waals surface area contributed by atoms with Crippen molar-refractivity contribution < 1.29 is 0 Å². The summed E-state index contributed by atoms with van der Waals surface area (Å²) in [6, 6.07) is 2.16. The predicted octanol–water partition coefficient (Wildman–Crippen LogP) is 2.06. The molecule has 3 heteroatoms. The summed E-state index contributed by atoms with van der Waals surface area (Å²) in [6.07, 6.45) is 1.70. The number of nitriles is 1. The Morgan fingerprint density at radius 2 is 1.91 bits per heavy atom. The normalized spacial score (nSPS) is 11.6. The molecule has 0 amide bonds. The van der Waals surface area contributed by atoms with Crippen LogP contribution < -0.4 is 0 Å². The van der Waals surface area contributed by atoms with E-state index >= 15 is 0 Å². The molecule has 0 saturated carbocycles. The van der Waals surface area contributed by atoms with E-state index in [-0.39, 0.29) is 0 Å². The Balaban J connectivity index is 3.55. The molecule has 0 rings (SSSR count). The minimum atomic E-state index is -1.09. The van der Waals surface area contributed by atoms with Crippen molar-refractivity contribution in [3.8, 4) is 6.07 Å². The molecule has 0 atom stereocenters. The van der Waals surface area contributed by atoms with Crippen molar-refractivity contribution in [2.75, 3.05) is 13.6 Å². The third kappa shape index (κ3) is 4.99. The van der Waals surface area contributed by atoms with Gasteiger partial charge in [0.1, 0.15) is 8.24 Å². The molecule has 64 valence electrons. The maximum atomic E-state index is 8.32. The van der Waals surface area contributed by atoms with Crippen molar-refractivity contribution >= 4 is 8.24 Å². The lowest BCUT2D eigenvalue weighted by molar-refractivity contribution is 0.496. The van der Waals surface area contributed by atoms with E-state index in [4.69, 9.17) is 5.26 Å². The van der Waals surface area contributed by atoms with E-state index in [1.54, 1.807) is 0 Å². The standard InChI is InChI=1S/C8H18N2Si/c1-10(11(2,3)4)8-6-5-7-9/h5-6,8H2,1-4H3. The Bertz CT molecular complexity index is 143. The van der Waals surface area contributed by atoms with Gasteiger partial charge in [-0.3, -0.25) is 0 Å². The summed E-state index contributed by atoms with van der Waals surface area (Å²) in [7, 11) is 1.07. The molecule has 0 aliphatic heterocycles. The van der Waals surface area contributed by atoms with Gasteiger partial charge < -0.3 is 4.57 Å². The molecule has 0 heterocycles. The zero-order chi connectivity index (χ0) is 8.91. The molecule has 0 radical (unpaired) electrons. The van der Waals surface area contributed by atoms with Crippen LogP contribution in [0.2, 0.25) is 19.6 Å². The molecule has 0 spiro atoms. The fourth-order valence-electron chi connectivity index (χ4n) is 0.731. The zero-order valence-corrected chi connectivity index (χ0v) is 9.02. The average molecular weight is 170 g/mol. The van der Waals surface area contributed by atoms with Crippen molar-refractivity contribution in [2.24, 2.45) is 0 Å². The minimum absolute atomic E-state index is 0.689. The second kappa shape index (κ2) is 4.53. The SMILES string of the molecule is CN(CCCC#N)[Si](C)(C)C. The lowest BCUT2D eigenvalue weighted by Crippen LogP contribution is -2.43. The molecule has 0 bridgehead atoms. The van der Waals surface area contributed by atoms with Crippen LogP contribution in [0.5, 0.6) is 0 Å². The van der Waals surface area contributed by atoms with Gasteiger partial charge in [-0.15, -0.1) is 0 Å². The second-order valence-corrected chi connectivity index (χ2v) is 8.96. The van der Waals surface area contributed by atoms with Crippen LogP contribution in [0.4, 0.5) is 0 Å². The third-order valence-corrected chi connectivity index (χ3v) is 4.44. The van der Waals surface area contributed by atoms with E-state index in [2.05, 4.69) is 37.3 Å². The molecule has 0 aromatic carbocycles. The van der Waals surface area contributed by atoms with Gasteiger partial charge in [0.25, 0.3) is 0 Å². The summed E-state index contributed by atoms with van der Waals surface area (Å²) in [6.45, 7) is 8.03. The van der Waals surface area contributed by atoms with Crippen molar-refractivity contribution in [3.63, 3.8) is 0 Å². The molecular weight excluding hydrogens is 152 g/mol. The molecule has 0 unspecified atom stereocenters. The maximum absolute atomic E-state index is 8.32.